The van der Waals surface area contributed by atoms with Crippen LogP contribution in [0.5, 0.6) is 0 Å². The van der Waals surface area contributed by atoms with Crippen molar-refractivity contribution < 1.29 is 0 Å². The summed E-state index contributed by atoms with van der Waals surface area (Å²) in [5, 5.41) is 1.42. The molecule has 1 N–H and O–H groups in total. The minimum Gasteiger partial charge on any atom is -0.361 e. The van der Waals surface area contributed by atoms with E-state index in [1.807, 2.05) is 0 Å². The number of H-pyrrole nitrogens is 1. The molecule has 0 unspecified atom stereocenters. The largest absolute Gasteiger partial charge is 0.361 e. The summed E-state index contributed by atoms with van der Waals surface area (Å²) in [6, 6.07) is 8.64. The highest BCUT2D eigenvalue weighted by atomic mass is 14.7. The Morgan fingerprint density at radius 3 is 2.67 bits per heavy atom. The summed E-state index contributed by atoms with van der Waals surface area (Å²) in [7, 11) is 0. The second-order valence-electron chi connectivity index (χ2n) is 5.02. The number of hydrogen-bond acceptors (Lipinski definition) is 0. The summed E-state index contributed by atoms with van der Waals surface area (Å²) in [5.41, 5.74) is 3.22. The highest BCUT2D eigenvalue weighted by Gasteiger charge is 2.32. The van der Waals surface area contributed by atoms with E-state index in [1.54, 1.807) is 0 Å². The van der Waals surface area contributed by atoms with Gasteiger partial charge in [-0.25, -0.2) is 0 Å². The van der Waals surface area contributed by atoms with Crippen molar-refractivity contribution in [2.45, 2.75) is 38.0 Å². The van der Waals surface area contributed by atoms with E-state index in [-0.39, 0.29) is 0 Å². The Hall–Kier alpha value is -1.24. The SMILES string of the molecule is CC1(c2c[nH]c3ccccc23)CCCC1. The average molecular weight is 199 g/mol. The monoisotopic (exact) mass is 199 g/mol. The van der Waals surface area contributed by atoms with Crippen LogP contribution in [0.4, 0.5) is 0 Å². The van der Waals surface area contributed by atoms with Gasteiger partial charge in [0.1, 0.15) is 0 Å². The van der Waals surface area contributed by atoms with E-state index in [0.717, 1.165) is 0 Å². The summed E-state index contributed by atoms with van der Waals surface area (Å²) in [4.78, 5) is 3.39. The van der Waals surface area contributed by atoms with Crippen molar-refractivity contribution in [2.75, 3.05) is 0 Å². The Morgan fingerprint density at radius 2 is 1.87 bits per heavy atom. The first-order valence-electron chi connectivity index (χ1n) is 5.86. The van der Waals surface area contributed by atoms with E-state index in [2.05, 4.69) is 42.4 Å². The van der Waals surface area contributed by atoms with Crippen LogP contribution in [-0.2, 0) is 5.41 Å². The first kappa shape index (κ1) is 9.02. The molecule has 0 bridgehead atoms. The van der Waals surface area contributed by atoms with Crippen molar-refractivity contribution in [2.24, 2.45) is 0 Å². The fourth-order valence-electron chi connectivity index (χ4n) is 3.00. The molecule has 1 aliphatic rings. The number of nitrogens with one attached hydrogen (secondary N) is 1. The van der Waals surface area contributed by atoms with Crippen LogP contribution >= 0.6 is 0 Å². The molecule has 78 valence electrons. The van der Waals surface area contributed by atoms with Crippen LogP contribution in [-0.4, -0.2) is 4.98 Å². The van der Waals surface area contributed by atoms with Gasteiger partial charge in [-0.05, 0) is 29.9 Å². The molecule has 1 heteroatoms. The van der Waals surface area contributed by atoms with Gasteiger partial charge >= 0.3 is 0 Å². The zero-order valence-corrected chi connectivity index (χ0v) is 9.22. The second kappa shape index (κ2) is 3.13. The Labute approximate surface area is 90.5 Å². The highest BCUT2D eigenvalue weighted by Crippen LogP contribution is 2.43. The van der Waals surface area contributed by atoms with E-state index in [1.165, 1.54) is 42.1 Å². The molecule has 0 aliphatic heterocycles. The Kier molecular flexibility index (Phi) is 1.88. The van der Waals surface area contributed by atoms with Gasteiger partial charge in [0.15, 0.2) is 0 Å². The van der Waals surface area contributed by atoms with Crippen molar-refractivity contribution in [1.29, 1.82) is 0 Å². The van der Waals surface area contributed by atoms with Gasteiger partial charge in [0.2, 0.25) is 0 Å². The van der Waals surface area contributed by atoms with Gasteiger partial charge < -0.3 is 4.98 Å². The van der Waals surface area contributed by atoms with Crippen molar-refractivity contribution >= 4 is 10.9 Å². The van der Waals surface area contributed by atoms with E-state index in [9.17, 15) is 0 Å². The summed E-state index contributed by atoms with van der Waals surface area (Å²) < 4.78 is 0. The molecular weight excluding hydrogens is 182 g/mol. The molecule has 3 rings (SSSR count). The van der Waals surface area contributed by atoms with Crippen molar-refractivity contribution in [3.63, 3.8) is 0 Å². The molecule has 0 radical (unpaired) electrons. The van der Waals surface area contributed by atoms with Gasteiger partial charge in [-0.3, -0.25) is 0 Å². The van der Waals surface area contributed by atoms with E-state index >= 15 is 0 Å². The predicted molar refractivity (Wildman–Crippen MR) is 64.1 cm³/mol. The van der Waals surface area contributed by atoms with Gasteiger partial charge in [-0.2, -0.15) is 0 Å². The molecule has 1 saturated carbocycles. The topological polar surface area (TPSA) is 15.8 Å². The minimum absolute atomic E-state index is 0.416. The van der Waals surface area contributed by atoms with Crippen molar-refractivity contribution in [1.82, 2.24) is 4.98 Å². The fraction of sp³-hybridized carbons (Fsp3) is 0.429. The van der Waals surface area contributed by atoms with Gasteiger partial charge in [0.05, 0.1) is 0 Å². The lowest BCUT2D eigenvalue weighted by atomic mass is 9.81. The second-order valence-corrected chi connectivity index (χ2v) is 5.02. The maximum atomic E-state index is 3.39. The van der Waals surface area contributed by atoms with E-state index in [4.69, 9.17) is 0 Å². The molecule has 0 amide bonds. The molecule has 0 saturated heterocycles. The van der Waals surface area contributed by atoms with Crippen LogP contribution in [0.2, 0.25) is 0 Å². The molecule has 2 aromatic rings. The summed E-state index contributed by atoms with van der Waals surface area (Å²) in [6.45, 7) is 2.41. The molecule has 0 spiro atoms. The quantitative estimate of drug-likeness (QED) is 0.714. The molecule has 1 aromatic carbocycles. The molecule has 1 fully saturated rings. The highest BCUT2D eigenvalue weighted by molar-refractivity contribution is 5.84. The lowest BCUT2D eigenvalue weighted by Gasteiger charge is -2.22. The molecule has 1 nitrogen and oxygen atoms in total. The predicted octanol–water partition coefficient (Wildman–Crippen LogP) is 4.00. The molecule has 1 aliphatic carbocycles. The van der Waals surface area contributed by atoms with Crippen molar-refractivity contribution in [3.8, 4) is 0 Å². The maximum Gasteiger partial charge on any atom is 0.0457 e. The van der Waals surface area contributed by atoms with Gasteiger partial charge in [-0.15, -0.1) is 0 Å². The number of benzene rings is 1. The Balaban J connectivity index is 2.18. The van der Waals surface area contributed by atoms with E-state index < -0.39 is 0 Å². The third kappa shape index (κ3) is 1.30. The number of aromatic nitrogens is 1. The molecule has 0 atom stereocenters. The Morgan fingerprint density at radius 1 is 1.13 bits per heavy atom. The zero-order valence-electron chi connectivity index (χ0n) is 9.22. The fourth-order valence-corrected chi connectivity index (χ4v) is 3.00. The summed E-state index contributed by atoms with van der Waals surface area (Å²) in [6.07, 6.45) is 7.67. The third-order valence-corrected chi connectivity index (χ3v) is 3.95. The van der Waals surface area contributed by atoms with Gasteiger partial charge in [0, 0.05) is 17.1 Å². The lowest BCUT2D eigenvalue weighted by Crippen LogP contribution is -2.15. The number of rotatable bonds is 1. The summed E-state index contributed by atoms with van der Waals surface area (Å²) in [5.74, 6) is 0. The normalized spacial score (nSPS) is 19.8. The van der Waals surface area contributed by atoms with Crippen LogP contribution in [0.1, 0.15) is 38.2 Å². The van der Waals surface area contributed by atoms with Crippen LogP contribution in [0, 0.1) is 0 Å². The number of aromatic amines is 1. The average Bonchev–Trinajstić information content (AvgIpc) is 2.84. The Bertz CT molecular complexity index is 475. The smallest absolute Gasteiger partial charge is 0.0457 e. The first-order chi connectivity index (χ1) is 7.30. The third-order valence-electron chi connectivity index (χ3n) is 3.95. The zero-order chi connectivity index (χ0) is 10.3. The van der Waals surface area contributed by atoms with Crippen molar-refractivity contribution in [3.05, 3.63) is 36.0 Å². The molecule has 1 aromatic heterocycles. The molecule has 1 heterocycles. The molecular formula is C14H17N. The van der Waals surface area contributed by atoms with E-state index in [0.29, 0.717) is 5.41 Å². The summed E-state index contributed by atoms with van der Waals surface area (Å²) >= 11 is 0. The van der Waals surface area contributed by atoms with Crippen LogP contribution in [0.25, 0.3) is 10.9 Å². The van der Waals surface area contributed by atoms with Gasteiger partial charge in [0.25, 0.3) is 0 Å². The standard InChI is InChI=1S/C14H17N/c1-14(8-4-5-9-14)12-10-15-13-7-3-2-6-11(12)13/h2-3,6-7,10,15H,4-5,8-9H2,1H3. The number of para-hydroxylation sites is 1. The number of hydrogen-bond donors (Lipinski definition) is 1. The number of fused-ring (bicyclic) bond motifs is 1. The minimum atomic E-state index is 0.416. The maximum absolute atomic E-state index is 3.39. The van der Waals surface area contributed by atoms with Crippen LogP contribution in [0.15, 0.2) is 30.5 Å². The van der Waals surface area contributed by atoms with Gasteiger partial charge in [-0.1, -0.05) is 38.0 Å². The van der Waals surface area contributed by atoms with Crippen LogP contribution in [0.3, 0.4) is 0 Å². The van der Waals surface area contributed by atoms with Crippen LogP contribution < -0.4 is 0 Å². The lowest BCUT2D eigenvalue weighted by molar-refractivity contribution is 0.495. The first-order valence-corrected chi connectivity index (χ1v) is 5.86. The molecule has 15 heavy (non-hydrogen) atoms.